The quantitative estimate of drug-likeness (QED) is 0.732. The Balaban J connectivity index is 3.38. The van der Waals surface area contributed by atoms with E-state index < -0.39 is 12.0 Å². The number of halogens is 3. The van der Waals surface area contributed by atoms with Crippen LogP contribution in [0.3, 0.4) is 0 Å². The van der Waals surface area contributed by atoms with Gasteiger partial charge in [0.2, 0.25) is 0 Å². The van der Waals surface area contributed by atoms with Gasteiger partial charge < -0.3 is 10.7 Å². The average molecular weight is 239 g/mol. The zero-order valence-electron chi connectivity index (χ0n) is 5.77. The van der Waals surface area contributed by atoms with Crippen molar-refractivity contribution in [2.75, 3.05) is 5.73 Å². The topological polar surface area (TPSA) is 58.9 Å². The van der Waals surface area contributed by atoms with Gasteiger partial charge in [0.05, 0.1) is 10.2 Å². The van der Waals surface area contributed by atoms with Crippen LogP contribution < -0.4 is 11.3 Å². The lowest BCUT2D eigenvalue weighted by Crippen LogP contribution is -2.10. The van der Waals surface area contributed by atoms with Gasteiger partial charge in [-0.05, 0) is 15.9 Å². The van der Waals surface area contributed by atoms with Crippen LogP contribution in [0.15, 0.2) is 15.5 Å². The number of aromatic amines is 1. The Morgan fingerprint density at radius 3 is 2.58 bits per heavy atom. The van der Waals surface area contributed by atoms with Crippen molar-refractivity contribution in [2.24, 2.45) is 0 Å². The van der Waals surface area contributed by atoms with Gasteiger partial charge in [-0.25, -0.2) is 8.78 Å². The fourth-order valence-corrected chi connectivity index (χ4v) is 1.38. The third-order valence-corrected chi connectivity index (χ3v) is 1.91. The van der Waals surface area contributed by atoms with Crippen molar-refractivity contribution < 1.29 is 8.78 Å². The van der Waals surface area contributed by atoms with E-state index in [0.29, 0.717) is 0 Å². The summed E-state index contributed by atoms with van der Waals surface area (Å²) in [6.45, 7) is 0. The Kier molecular flexibility index (Phi) is 2.46. The monoisotopic (exact) mass is 238 g/mol. The third kappa shape index (κ3) is 1.63. The van der Waals surface area contributed by atoms with Crippen LogP contribution in [-0.4, -0.2) is 4.98 Å². The normalized spacial score (nSPS) is 10.7. The molecule has 1 aromatic rings. The van der Waals surface area contributed by atoms with Crippen LogP contribution in [0.1, 0.15) is 12.0 Å². The zero-order valence-corrected chi connectivity index (χ0v) is 7.36. The van der Waals surface area contributed by atoms with Crippen LogP contribution >= 0.6 is 15.9 Å². The lowest BCUT2D eigenvalue weighted by atomic mass is 10.2. The van der Waals surface area contributed by atoms with Crippen molar-refractivity contribution in [3.63, 3.8) is 0 Å². The van der Waals surface area contributed by atoms with E-state index in [1.165, 1.54) is 0 Å². The number of hydrogen-bond donors (Lipinski definition) is 2. The minimum absolute atomic E-state index is 0.0671. The summed E-state index contributed by atoms with van der Waals surface area (Å²) in [5, 5.41) is 0. The summed E-state index contributed by atoms with van der Waals surface area (Å²) in [6.07, 6.45) is -2.70. The van der Waals surface area contributed by atoms with E-state index >= 15 is 0 Å². The molecule has 0 unspecified atom stereocenters. The first-order chi connectivity index (χ1) is 5.52. The van der Waals surface area contributed by atoms with Gasteiger partial charge in [-0.1, -0.05) is 0 Å². The smallest absolute Gasteiger partial charge is 0.268 e. The molecule has 1 rings (SSSR count). The lowest BCUT2D eigenvalue weighted by molar-refractivity contribution is 0.151. The molecule has 6 heteroatoms. The summed E-state index contributed by atoms with van der Waals surface area (Å²) in [5.74, 6) is 0. The van der Waals surface area contributed by atoms with Gasteiger partial charge in [0, 0.05) is 11.8 Å². The highest BCUT2D eigenvalue weighted by molar-refractivity contribution is 9.10. The first kappa shape index (κ1) is 9.18. The Morgan fingerprint density at radius 1 is 1.58 bits per heavy atom. The van der Waals surface area contributed by atoms with E-state index in [1.54, 1.807) is 0 Å². The van der Waals surface area contributed by atoms with Crippen molar-refractivity contribution in [2.45, 2.75) is 6.43 Å². The van der Waals surface area contributed by atoms with Crippen LogP contribution in [0.4, 0.5) is 14.5 Å². The fourth-order valence-electron chi connectivity index (χ4n) is 0.779. The minimum Gasteiger partial charge on any atom is -0.398 e. The molecule has 12 heavy (non-hydrogen) atoms. The van der Waals surface area contributed by atoms with Crippen LogP contribution in [-0.2, 0) is 0 Å². The van der Waals surface area contributed by atoms with Gasteiger partial charge in [-0.3, -0.25) is 4.79 Å². The molecule has 0 radical (unpaired) electrons. The van der Waals surface area contributed by atoms with E-state index in [9.17, 15) is 13.6 Å². The largest absolute Gasteiger partial charge is 0.398 e. The maximum Gasteiger partial charge on any atom is 0.268 e. The van der Waals surface area contributed by atoms with Crippen molar-refractivity contribution in [1.82, 2.24) is 4.98 Å². The third-order valence-electron chi connectivity index (χ3n) is 1.29. The molecule has 0 amide bonds. The number of aromatic nitrogens is 1. The SMILES string of the molecule is Nc1cc(=O)[nH]c(Br)c1C(F)F. The van der Waals surface area contributed by atoms with E-state index in [0.717, 1.165) is 6.07 Å². The number of nitrogens with two attached hydrogens (primary N) is 1. The first-order valence-electron chi connectivity index (χ1n) is 2.98. The van der Waals surface area contributed by atoms with Gasteiger partial charge >= 0.3 is 0 Å². The number of pyridine rings is 1. The number of hydrogen-bond acceptors (Lipinski definition) is 2. The van der Waals surface area contributed by atoms with Gasteiger partial charge in [0.15, 0.2) is 0 Å². The number of H-pyrrole nitrogens is 1. The molecule has 66 valence electrons. The Labute approximate surface area is 74.7 Å². The van der Waals surface area contributed by atoms with Crippen LogP contribution in [0, 0.1) is 0 Å². The molecule has 0 fully saturated rings. The summed E-state index contributed by atoms with van der Waals surface area (Å²) < 4.78 is 24.3. The maximum atomic E-state index is 12.2. The molecular formula is C6H5BrF2N2O. The molecule has 0 aromatic carbocycles. The molecule has 0 spiro atoms. The summed E-state index contributed by atoms with van der Waals surface area (Å²) >= 11 is 2.78. The predicted molar refractivity (Wildman–Crippen MR) is 44.1 cm³/mol. The lowest BCUT2D eigenvalue weighted by Gasteiger charge is -2.04. The summed E-state index contributed by atoms with van der Waals surface area (Å²) in [4.78, 5) is 12.8. The summed E-state index contributed by atoms with van der Waals surface area (Å²) in [6, 6.07) is 0.923. The molecule has 0 bridgehead atoms. The first-order valence-corrected chi connectivity index (χ1v) is 3.78. The van der Waals surface area contributed by atoms with Gasteiger partial charge in [0.25, 0.3) is 12.0 Å². The molecule has 1 aromatic heterocycles. The zero-order chi connectivity index (χ0) is 9.30. The number of rotatable bonds is 1. The number of nitrogen functional groups attached to an aromatic ring is 1. The van der Waals surface area contributed by atoms with Crippen LogP contribution in [0.25, 0.3) is 0 Å². The molecule has 0 saturated carbocycles. The average Bonchev–Trinajstić information content (AvgIpc) is 1.82. The van der Waals surface area contributed by atoms with E-state index in [1.807, 2.05) is 0 Å². The van der Waals surface area contributed by atoms with Gasteiger partial charge in [0.1, 0.15) is 0 Å². The number of anilines is 1. The molecule has 3 nitrogen and oxygen atoms in total. The van der Waals surface area contributed by atoms with Gasteiger partial charge in [-0.15, -0.1) is 0 Å². The van der Waals surface area contributed by atoms with Gasteiger partial charge in [-0.2, -0.15) is 0 Å². The van der Waals surface area contributed by atoms with Crippen molar-refractivity contribution in [3.8, 4) is 0 Å². The molecule has 0 atom stereocenters. The second-order valence-electron chi connectivity index (χ2n) is 2.12. The fraction of sp³-hybridized carbons (Fsp3) is 0.167. The van der Waals surface area contributed by atoms with E-state index in [4.69, 9.17) is 5.73 Å². The van der Waals surface area contributed by atoms with Crippen molar-refractivity contribution in [3.05, 3.63) is 26.6 Å². The van der Waals surface area contributed by atoms with Crippen molar-refractivity contribution in [1.29, 1.82) is 0 Å². The summed E-state index contributed by atoms with van der Waals surface area (Å²) in [5.41, 5.74) is 4.10. The van der Waals surface area contributed by atoms with Crippen LogP contribution in [0.5, 0.6) is 0 Å². The highest BCUT2D eigenvalue weighted by Gasteiger charge is 2.15. The standard InChI is InChI=1S/C6H5BrF2N2O/c7-5-4(6(8)9)2(10)1-3(12)11-5/h1,6H,(H3,10,11,12). The Hall–Kier alpha value is -0.910. The molecule has 0 saturated heterocycles. The Morgan fingerprint density at radius 2 is 2.17 bits per heavy atom. The van der Waals surface area contributed by atoms with Crippen LogP contribution in [0.2, 0.25) is 0 Å². The molecule has 0 aliphatic heterocycles. The molecule has 0 aliphatic carbocycles. The second kappa shape index (κ2) is 3.22. The highest BCUT2D eigenvalue weighted by atomic mass is 79.9. The highest BCUT2D eigenvalue weighted by Crippen LogP contribution is 2.29. The predicted octanol–water partition coefficient (Wildman–Crippen LogP) is 1.66. The molecule has 1 heterocycles. The molecule has 0 aliphatic rings. The Bertz CT molecular complexity index is 324. The number of alkyl halides is 2. The maximum absolute atomic E-state index is 12.2. The van der Waals surface area contributed by atoms with Crippen molar-refractivity contribution >= 4 is 21.6 Å². The molecule has 3 N–H and O–H groups in total. The number of nitrogens with one attached hydrogen (secondary N) is 1. The van der Waals surface area contributed by atoms with E-state index in [2.05, 4.69) is 20.9 Å². The van der Waals surface area contributed by atoms with E-state index in [-0.39, 0.29) is 15.9 Å². The second-order valence-corrected chi connectivity index (χ2v) is 2.91. The minimum atomic E-state index is -2.70. The molecular weight excluding hydrogens is 234 g/mol. The summed E-state index contributed by atoms with van der Waals surface area (Å²) in [7, 11) is 0.